The molecule has 6 atom stereocenters. The average Bonchev–Trinajstić information content (AvgIpc) is 2.67. The molecule has 0 radical (unpaired) electrons. The number of allylic oxidation sites excluding steroid dienone is 5. The molecule has 0 aromatic carbocycles. The molecule has 1 nitrogen and oxygen atoms in total. The van der Waals surface area contributed by atoms with Crippen LogP contribution in [0.1, 0.15) is 80.6 Å². The van der Waals surface area contributed by atoms with Crippen LogP contribution in [0.3, 0.4) is 0 Å². The van der Waals surface area contributed by atoms with Gasteiger partial charge in [-0.1, -0.05) is 85.3 Å². The van der Waals surface area contributed by atoms with Crippen molar-refractivity contribution in [3.8, 4) is 0 Å². The fourth-order valence-corrected chi connectivity index (χ4v) is 4.54. The summed E-state index contributed by atoms with van der Waals surface area (Å²) in [5, 5.41) is 8.02. The van der Waals surface area contributed by atoms with Crippen molar-refractivity contribution in [3.63, 3.8) is 0 Å². The summed E-state index contributed by atoms with van der Waals surface area (Å²) in [4.78, 5) is 0. The van der Waals surface area contributed by atoms with Crippen LogP contribution in [-0.4, -0.2) is 6.21 Å². The highest BCUT2D eigenvalue weighted by atomic mass is 14.5. The van der Waals surface area contributed by atoms with E-state index in [0.717, 1.165) is 0 Å². The van der Waals surface area contributed by atoms with Crippen LogP contribution >= 0.6 is 0 Å². The van der Waals surface area contributed by atoms with Crippen molar-refractivity contribution in [1.29, 1.82) is 5.41 Å². The molecule has 160 valence electrons. The Bertz CT molecular complexity index is 524. The molecule has 1 saturated carbocycles. The van der Waals surface area contributed by atoms with Crippen LogP contribution in [-0.2, 0) is 0 Å². The monoisotopic (exact) mass is 385 g/mol. The van der Waals surface area contributed by atoms with Gasteiger partial charge in [-0.2, -0.15) is 0 Å². The van der Waals surface area contributed by atoms with E-state index in [1.54, 1.807) is 6.21 Å². The van der Waals surface area contributed by atoms with Crippen LogP contribution in [0.25, 0.3) is 0 Å². The van der Waals surface area contributed by atoms with Gasteiger partial charge in [0.25, 0.3) is 0 Å². The van der Waals surface area contributed by atoms with Gasteiger partial charge in [-0.25, -0.2) is 0 Å². The molecule has 1 N–H and O–H groups in total. The lowest BCUT2D eigenvalue weighted by Gasteiger charge is -2.41. The third-order valence-electron chi connectivity index (χ3n) is 7.00. The van der Waals surface area contributed by atoms with Crippen molar-refractivity contribution in [1.82, 2.24) is 0 Å². The van der Waals surface area contributed by atoms with Crippen LogP contribution in [0.2, 0.25) is 0 Å². The van der Waals surface area contributed by atoms with Crippen LogP contribution in [0.15, 0.2) is 37.0 Å². The Kier molecular flexibility index (Phi) is 10.5. The van der Waals surface area contributed by atoms with Crippen molar-refractivity contribution in [2.75, 3.05) is 0 Å². The first-order chi connectivity index (χ1) is 13.1. The van der Waals surface area contributed by atoms with Gasteiger partial charge >= 0.3 is 0 Å². The van der Waals surface area contributed by atoms with Gasteiger partial charge in [0.05, 0.1) is 0 Å². The normalized spacial score (nSPS) is 27.2. The van der Waals surface area contributed by atoms with E-state index >= 15 is 0 Å². The summed E-state index contributed by atoms with van der Waals surface area (Å²) in [5.74, 6) is 4.01. The molecule has 0 aromatic rings. The number of nitrogens with one attached hydrogen (secondary N) is 1. The molecule has 1 aliphatic carbocycles. The molecular formula is C27H47N. The Hall–Kier alpha value is -1.11. The fourth-order valence-electron chi connectivity index (χ4n) is 4.54. The van der Waals surface area contributed by atoms with Gasteiger partial charge in [-0.05, 0) is 78.7 Å². The predicted octanol–water partition coefficient (Wildman–Crippen LogP) is 8.34. The predicted molar refractivity (Wildman–Crippen MR) is 127 cm³/mol. The largest absolute Gasteiger partial charge is 0.313 e. The summed E-state index contributed by atoms with van der Waals surface area (Å²) in [7, 11) is 0. The number of hydrogen-bond donors (Lipinski definition) is 1. The highest BCUT2D eigenvalue weighted by Gasteiger charge is 2.36. The van der Waals surface area contributed by atoms with Crippen molar-refractivity contribution in [2.45, 2.75) is 80.6 Å². The first-order valence-electron chi connectivity index (χ1n) is 11.6. The van der Waals surface area contributed by atoms with Gasteiger partial charge in [-0.3, -0.25) is 0 Å². The SMILES string of the molecule is C=CC(C)(C)CCC(C)/C=C/C1CCCC(C=N)C1C(C)C(C)/C=C\C(C)C. The highest BCUT2D eigenvalue weighted by molar-refractivity contribution is 5.57. The molecule has 0 bridgehead atoms. The Morgan fingerprint density at radius 1 is 1.00 bits per heavy atom. The molecule has 0 amide bonds. The van der Waals surface area contributed by atoms with Crippen LogP contribution in [0, 0.1) is 52.2 Å². The zero-order chi connectivity index (χ0) is 21.3. The molecule has 28 heavy (non-hydrogen) atoms. The minimum absolute atomic E-state index is 0.230. The quantitative estimate of drug-likeness (QED) is 0.273. The van der Waals surface area contributed by atoms with Crippen LogP contribution in [0.4, 0.5) is 0 Å². The van der Waals surface area contributed by atoms with Crippen LogP contribution < -0.4 is 0 Å². The van der Waals surface area contributed by atoms with Crippen molar-refractivity contribution in [3.05, 3.63) is 37.0 Å². The smallest absolute Gasteiger partial charge is 0.00136 e. The van der Waals surface area contributed by atoms with E-state index < -0.39 is 0 Å². The first-order valence-corrected chi connectivity index (χ1v) is 11.6. The molecule has 0 aromatic heterocycles. The molecule has 1 rings (SSSR count). The van der Waals surface area contributed by atoms with E-state index in [0.29, 0.717) is 41.4 Å². The lowest BCUT2D eigenvalue weighted by molar-refractivity contribution is 0.145. The number of hydrogen-bond acceptors (Lipinski definition) is 1. The summed E-state index contributed by atoms with van der Waals surface area (Å²) in [6.07, 6.45) is 19.7. The summed E-state index contributed by atoms with van der Waals surface area (Å²) < 4.78 is 0. The Morgan fingerprint density at radius 3 is 2.21 bits per heavy atom. The topological polar surface area (TPSA) is 23.9 Å². The van der Waals surface area contributed by atoms with E-state index in [1.165, 1.54) is 32.1 Å². The maximum atomic E-state index is 8.02. The maximum absolute atomic E-state index is 8.02. The molecule has 0 spiro atoms. The Morgan fingerprint density at radius 2 is 1.64 bits per heavy atom. The minimum atomic E-state index is 0.230. The van der Waals surface area contributed by atoms with Gasteiger partial charge in [0.2, 0.25) is 0 Å². The first kappa shape index (κ1) is 24.9. The zero-order valence-corrected chi connectivity index (χ0v) is 19.7. The van der Waals surface area contributed by atoms with Gasteiger partial charge in [-0.15, -0.1) is 6.58 Å². The fraction of sp³-hybridized carbons (Fsp3) is 0.741. The second kappa shape index (κ2) is 11.8. The third kappa shape index (κ3) is 8.10. The van der Waals surface area contributed by atoms with Crippen LogP contribution in [0.5, 0.6) is 0 Å². The average molecular weight is 386 g/mol. The van der Waals surface area contributed by atoms with E-state index in [4.69, 9.17) is 5.41 Å². The molecule has 6 unspecified atom stereocenters. The summed E-state index contributed by atoms with van der Waals surface area (Å²) in [6, 6.07) is 0. The van der Waals surface area contributed by atoms with E-state index in [-0.39, 0.29) is 5.41 Å². The summed E-state index contributed by atoms with van der Waals surface area (Å²) >= 11 is 0. The molecule has 0 saturated heterocycles. The number of rotatable bonds is 11. The Labute approximate surface area is 176 Å². The van der Waals surface area contributed by atoms with Gasteiger partial charge in [0, 0.05) is 0 Å². The van der Waals surface area contributed by atoms with E-state index in [9.17, 15) is 0 Å². The highest BCUT2D eigenvalue weighted by Crippen LogP contribution is 2.42. The zero-order valence-electron chi connectivity index (χ0n) is 19.7. The lowest BCUT2D eigenvalue weighted by Crippen LogP contribution is -2.35. The third-order valence-corrected chi connectivity index (χ3v) is 7.00. The molecule has 1 heteroatoms. The molecule has 1 aliphatic rings. The van der Waals surface area contributed by atoms with Crippen molar-refractivity contribution in [2.24, 2.45) is 46.8 Å². The van der Waals surface area contributed by atoms with E-state index in [2.05, 4.69) is 85.4 Å². The second-order valence-electron chi connectivity index (χ2n) is 10.4. The Balaban J connectivity index is 2.85. The van der Waals surface area contributed by atoms with Crippen molar-refractivity contribution >= 4 is 6.21 Å². The van der Waals surface area contributed by atoms with Gasteiger partial charge in [0.1, 0.15) is 0 Å². The van der Waals surface area contributed by atoms with Gasteiger partial charge < -0.3 is 5.41 Å². The standard InChI is InChI=1S/C27H47N/c1-9-27(7,8)18-17-21(4)14-16-24-11-10-12-25(19-28)26(24)23(6)22(5)15-13-20(2)3/h9,13-16,19-26,28H,1,10-12,17-18H2,2-8H3/b15-13-,16-14+,28-19?. The molecule has 0 heterocycles. The molecule has 0 aliphatic heterocycles. The van der Waals surface area contributed by atoms with Crippen molar-refractivity contribution < 1.29 is 0 Å². The summed E-state index contributed by atoms with van der Waals surface area (Å²) in [5.41, 5.74) is 0.230. The second-order valence-corrected chi connectivity index (χ2v) is 10.4. The van der Waals surface area contributed by atoms with Gasteiger partial charge in [0.15, 0.2) is 0 Å². The van der Waals surface area contributed by atoms with E-state index in [1.807, 2.05) is 0 Å². The molecule has 1 fully saturated rings. The minimum Gasteiger partial charge on any atom is -0.313 e. The maximum Gasteiger partial charge on any atom is -0.00136 e. The summed E-state index contributed by atoms with van der Waals surface area (Å²) in [6.45, 7) is 20.1. The lowest BCUT2D eigenvalue weighted by atomic mass is 9.64. The molecular weight excluding hydrogens is 338 g/mol.